The van der Waals surface area contributed by atoms with Crippen molar-refractivity contribution >= 4 is 29.0 Å². The molecule has 0 spiro atoms. The van der Waals surface area contributed by atoms with Crippen LogP contribution in [0.3, 0.4) is 0 Å². The molecule has 3 atom stereocenters. The average Bonchev–Trinajstić information content (AvgIpc) is 2.96. The molecule has 0 bridgehead atoms. The Bertz CT molecular complexity index is 653. The molecule has 0 aliphatic heterocycles. The number of fused-ring (bicyclic) bond motifs is 3. The molecule has 1 N–H and O–H groups in total. The Balaban J connectivity index is 1.36. The van der Waals surface area contributed by atoms with E-state index in [-0.39, 0.29) is 5.91 Å². The number of amides is 1. The number of hydrogen-bond acceptors (Lipinski definition) is 3. The lowest BCUT2D eigenvalue weighted by molar-refractivity contribution is -0.118. The van der Waals surface area contributed by atoms with E-state index in [0.717, 1.165) is 6.42 Å². The van der Waals surface area contributed by atoms with Crippen LogP contribution < -0.4 is 5.32 Å². The molecule has 4 rings (SSSR count). The summed E-state index contributed by atoms with van der Waals surface area (Å²) in [6.45, 7) is 0. The van der Waals surface area contributed by atoms with E-state index in [9.17, 15) is 4.79 Å². The van der Waals surface area contributed by atoms with E-state index in [2.05, 4.69) is 35.6 Å². The van der Waals surface area contributed by atoms with E-state index < -0.39 is 0 Å². The summed E-state index contributed by atoms with van der Waals surface area (Å²) in [4.78, 5) is 12.1. The summed E-state index contributed by atoms with van der Waals surface area (Å²) >= 11 is 3.32. The lowest BCUT2D eigenvalue weighted by atomic mass is 9.92. The Morgan fingerprint density at radius 1 is 1.29 bits per heavy atom. The summed E-state index contributed by atoms with van der Waals surface area (Å²) in [5.41, 5.74) is 2.94. The normalized spacial score (nSPS) is 25.8. The zero-order chi connectivity index (χ0) is 14.2. The number of carbonyl (C=O) groups is 1. The van der Waals surface area contributed by atoms with Gasteiger partial charge in [-0.3, -0.25) is 4.79 Å². The van der Waals surface area contributed by atoms with Gasteiger partial charge in [-0.1, -0.05) is 30.3 Å². The van der Waals surface area contributed by atoms with Crippen molar-refractivity contribution in [2.24, 2.45) is 5.92 Å². The Labute approximate surface area is 133 Å². The van der Waals surface area contributed by atoms with Crippen molar-refractivity contribution < 1.29 is 4.79 Å². The quantitative estimate of drug-likeness (QED) is 0.872. The van der Waals surface area contributed by atoms with Gasteiger partial charge in [-0.25, -0.2) is 0 Å². The molecule has 0 saturated heterocycles. The van der Waals surface area contributed by atoms with E-state index in [4.69, 9.17) is 0 Å². The van der Waals surface area contributed by atoms with E-state index in [0.29, 0.717) is 23.6 Å². The Kier molecular flexibility index (Phi) is 3.51. The maximum Gasteiger partial charge on any atom is 0.230 e. The molecular formula is C17H17NOS2. The van der Waals surface area contributed by atoms with Gasteiger partial charge in [0.25, 0.3) is 0 Å². The van der Waals surface area contributed by atoms with Crippen LogP contribution in [-0.4, -0.2) is 17.7 Å². The van der Waals surface area contributed by atoms with Crippen LogP contribution in [0, 0.1) is 5.92 Å². The third-order valence-corrected chi connectivity index (χ3v) is 6.63. The van der Waals surface area contributed by atoms with Crippen molar-refractivity contribution in [3.63, 3.8) is 0 Å². The fourth-order valence-corrected chi connectivity index (χ4v) is 5.07. The molecule has 1 saturated carbocycles. The third kappa shape index (κ3) is 2.62. The molecular weight excluding hydrogens is 298 g/mol. The van der Waals surface area contributed by atoms with Crippen LogP contribution in [0.25, 0.3) is 0 Å². The van der Waals surface area contributed by atoms with Crippen molar-refractivity contribution in [1.82, 2.24) is 5.32 Å². The first kappa shape index (κ1) is 13.4. The molecule has 2 aromatic rings. The highest BCUT2D eigenvalue weighted by atomic mass is 32.2. The standard InChI is InChI=1S/C17H17NOS2/c19-14(10-21-15-6-3-9-20-15)18-17-13-8-7-11-4-1-2-5-12(11)16(13)17/h1-6,9,13,16-17H,7-8,10H2,(H,18,19)/t13-,16+,17+/m0/s1. The number of hydrogen-bond donors (Lipinski definition) is 1. The minimum atomic E-state index is 0.172. The zero-order valence-electron chi connectivity index (χ0n) is 11.6. The highest BCUT2D eigenvalue weighted by Crippen LogP contribution is 2.54. The number of aryl methyl sites for hydroxylation is 1. The number of carbonyl (C=O) groups excluding carboxylic acids is 1. The summed E-state index contributed by atoms with van der Waals surface area (Å²) in [6.07, 6.45) is 2.37. The largest absolute Gasteiger partial charge is 0.352 e. The predicted molar refractivity (Wildman–Crippen MR) is 88.0 cm³/mol. The van der Waals surface area contributed by atoms with E-state index in [1.807, 2.05) is 11.4 Å². The Morgan fingerprint density at radius 3 is 3.05 bits per heavy atom. The minimum Gasteiger partial charge on any atom is -0.352 e. The number of thioether (sulfide) groups is 1. The van der Waals surface area contributed by atoms with E-state index in [1.54, 1.807) is 23.1 Å². The molecule has 2 nitrogen and oxygen atoms in total. The van der Waals surface area contributed by atoms with Crippen LogP contribution in [0.5, 0.6) is 0 Å². The molecule has 1 fully saturated rings. The first-order valence-electron chi connectivity index (χ1n) is 7.36. The van der Waals surface area contributed by atoms with Gasteiger partial charge < -0.3 is 5.32 Å². The first-order chi connectivity index (χ1) is 10.3. The lowest BCUT2D eigenvalue weighted by Crippen LogP contribution is -2.29. The van der Waals surface area contributed by atoms with Gasteiger partial charge >= 0.3 is 0 Å². The lowest BCUT2D eigenvalue weighted by Gasteiger charge is -2.13. The summed E-state index contributed by atoms with van der Waals surface area (Å²) in [5, 5.41) is 5.29. The molecule has 1 aromatic carbocycles. The summed E-state index contributed by atoms with van der Waals surface area (Å²) in [7, 11) is 0. The predicted octanol–water partition coefficient (Wildman–Crippen LogP) is 3.68. The van der Waals surface area contributed by atoms with E-state index in [1.165, 1.54) is 21.8 Å². The molecule has 2 aliphatic rings. The molecule has 1 aromatic heterocycles. The molecule has 0 radical (unpaired) electrons. The average molecular weight is 315 g/mol. The van der Waals surface area contributed by atoms with Gasteiger partial charge in [-0.2, -0.15) is 0 Å². The zero-order valence-corrected chi connectivity index (χ0v) is 13.3. The van der Waals surface area contributed by atoms with Gasteiger partial charge in [0, 0.05) is 12.0 Å². The van der Waals surface area contributed by atoms with Gasteiger partial charge in [0.1, 0.15) is 0 Å². The maximum absolute atomic E-state index is 12.1. The van der Waals surface area contributed by atoms with Gasteiger partial charge in [0.15, 0.2) is 0 Å². The number of rotatable bonds is 4. The molecule has 2 aliphatic carbocycles. The molecule has 4 heteroatoms. The van der Waals surface area contributed by atoms with Gasteiger partial charge in [-0.05, 0) is 41.3 Å². The Morgan fingerprint density at radius 2 is 2.19 bits per heavy atom. The van der Waals surface area contributed by atoms with Crippen LogP contribution in [-0.2, 0) is 11.2 Å². The van der Waals surface area contributed by atoms with Crippen LogP contribution in [0.4, 0.5) is 0 Å². The molecule has 108 valence electrons. The highest BCUT2D eigenvalue weighted by Gasteiger charge is 2.53. The topological polar surface area (TPSA) is 29.1 Å². The molecule has 1 amide bonds. The van der Waals surface area contributed by atoms with Crippen molar-refractivity contribution in [3.8, 4) is 0 Å². The fraction of sp³-hybridized carbons (Fsp3) is 0.353. The SMILES string of the molecule is O=C(CSc1cccs1)N[C@@H]1[C@H]2CCc3ccccc3[C@H]21. The second-order valence-electron chi connectivity index (χ2n) is 5.74. The number of nitrogens with one attached hydrogen (secondary N) is 1. The fourth-order valence-electron chi connectivity index (χ4n) is 3.47. The van der Waals surface area contributed by atoms with Crippen LogP contribution in [0.15, 0.2) is 46.0 Å². The first-order valence-corrected chi connectivity index (χ1v) is 9.23. The van der Waals surface area contributed by atoms with Crippen LogP contribution in [0.2, 0.25) is 0 Å². The van der Waals surface area contributed by atoms with Gasteiger partial charge in [0.2, 0.25) is 5.91 Å². The molecule has 0 unspecified atom stereocenters. The van der Waals surface area contributed by atoms with Crippen molar-refractivity contribution in [2.45, 2.75) is 29.0 Å². The monoisotopic (exact) mass is 315 g/mol. The summed E-state index contributed by atoms with van der Waals surface area (Å²) < 4.78 is 1.21. The van der Waals surface area contributed by atoms with E-state index >= 15 is 0 Å². The minimum absolute atomic E-state index is 0.172. The highest BCUT2D eigenvalue weighted by molar-refractivity contribution is 8.01. The smallest absolute Gasteiger partial charge is 0.230 e. The third-order valence-electron chi connectivity index (χ3n) is 4.50. The van der Waals surface area contributed by atoms with Crippen molar-refractivity contribution in [3.05, 3.63) is 52.9 Å². The summed E-state index contributed by atoms with van der Waals surface area (Å²) in [5.74, 6) is 1.92. The maximum atomic E-state index is 12.1. The molecule has 1 heterocycles. The number of thiophene rings is 1. The molecule has 21 heavy (non-hydrogen) atoms. The number of benzene rings is 1. The Hall–Kier alpha value is -1.26. The second kappa shape index (κ2) is 5.50. The van der Waals surface area contributed by atoms with Crippen molar-refractivity contribution in [2.75, 3.05) is 5.75 Å². The van der Waals surface area contributed by atoms with Gasteiger partial charge in [-0.15, -0.1) is 23.1 Å². The van der Waals surface area contributed by atoms with Crippen LogP contribution >= 0.6 is 23.1 Å². The van der Waals surface area contributed by atoms with Crippen LogP contribution in [0.1, 0.15) is 23.5 Å². The van der Waals surface area contributed by atoms with Crippen molar-refractivity contribution in [1.29, 1.82) is 0 Å². The summed E-state index contributed by atoms with van der Waals surface area (Å²) in [6, 6.07) is 13.2. The second-order valence-corrected chi connectivity index (χ2v) is 7.96. The van der Waals surface area contributed by atoms with Gasteiger partial charge in [0.05, 0.1) is 9.96 Å².